The predicted octanol–water partition coefficient (Wildman–Crippen LogP) is 1.78. The summed E-state index contributed by atoms with van der Waals surface area (Å²) in [7, 11) is 0. The van der Waals surface area contributed by atoms with Gasteiger partial charge >= 0.3 is 0 Å². The Labute approximate surface area is 126 Å². The van der Waals surface area contributed by atoms with E-state index in [1.54, 1.807) is 0 Å². The van der Waals surface area contributed by atoms with Crippen molar-refractivity contribution in [1.29, 1.82) is 0 Å². The molecule has 2 saturated heterocycles. The second-order valence-corrected chi connectivity index (χ2v) is 6.10. The summed E-state index contributed by atoms with van der Waals surface area (Å²) in [5.41, 5.74) is 0.399. The monoisotopic (exact) mass is 291 g/mol. The zero-order chi connectivity index (χ0) is 14.5. The minimum absolute atomic E-state index is 0.244. The van der Waals surface area contributed by atoms with Crippen molar-refractivity contribution < 1.29 is 14.6 Å². The standard InChI is InChI=1S/C17H25NO3/c19-17(15-4-2-1-3-5-15)7-10-18(11-8-17)9-6-16-14-20-12-13-21-16/h1-5,16,19H,6-14H2. The lowest BCUT2D eigenvalue weighted by Crippen LogP contribution is -2.44. The lowest BCUT2D eigenvalue weighted by atomic mass is 9.84. The van der Waals surface area contributed by atoms with Crippen molar-refractivity contribution in [2.75, 3.05) is 39.5 Å². The van der Waals surface area contributed by atoms with E-state index < -0.39 is 5.60 Å². The number of ether oxygens (including phenoxy) is 2. The highest BCUT2D eigenvalue weighted by Crippen LogP contribution is 2.32. The van der Waals surface area contributed by atoms with Crippen LogP contribution in [0.3, 0.4) is 0 Å². The molecule has 0 bridgehead atoms. The summed E-state index contributed by atoms with van der Waals surface area (Å²) in [4.78, 5) is 2.43. The maximum Gasteiger partial charge on any atom is 0.0920 e. The molecule has 0 saturated carbocycles. The molecule has 2 heterocycles. The van der Waals surface area contributed by atoms with Gasteiger partial charge < -0.3 is 19.5 Å². The van der Waals surface area contributed by atoms with Gasteiger partial charge in [-0.15, -0.1) is 0 Å². The first-order chi connectivity index (χ1) is 10.3. The first-order valence-corrected chi connectivity index (χ1v) is 7.96. The van der Waals surface area contributed by atoms with Crippen molar-refractivity contribution >= 4 is 0 Å². The molecule has 2 aliphatic heterocycles. The number of nitrogens with zero attached hydrogens (tertiary/aromatic N) is 1. The highest BCUT2D eigenvalue weighted by atomic mass is 16.6. The van der Waals surface area contributed by atoms with Gasteiger partial charge in [0.2, 0.25) is 0 Å². The maximum atomic E-state index is 10.8. The summed E-state index contributed by atoms with van der Waals surface area (Å²) >= 11 is 0. The molecule has 116 valence electrons. The summed E-state index contributed by atoms with van der Waals surface area (Å²) in [6.07, 6.45) is 2.87. The molecule has 1 unspecified atom stereocenters. The molecule has 4 nitrogen and oxygen atoms in total. The first kappa shape index (κ1) is 15.0. The Morgan fingerprint density at radius 3 is 2.57 bits per heavy atom. The van der Waals surface area contributed by atoms with Crippen molar-refractivity contribution in [3.8, 4) is 0 Å². The first-order valence-electron chi connectivity index (χ1n) is 7.96. The van der Waals surface area contributed by atoms with Gasteiger partial charge in [-0.2, -0.15) is 0 Å². The van der Waals surface area contributed by atoms with Gasteiger partial charge in [-0.3, -0.25) is 0 Å². The van der Waals surface area contributed by atoms with Crippen LogP contribution in [0.2, 0.25) is 0 Å². The number of piperidine rings is 1. The molecule has 0 spiro atoms. The fourth-order valence-corrected chi connectivity index (χ4v) is 3.21. The van der Waals surface area contributed by atoms with Crippen LogP contribution in [0.1, 0.15) is 24.8 Å². The second-order valence-electron chi connectivity index (χ2n) is 6.10. The van der Waals surface area contributed by atoms with Gasteiger partial charge in [-0.05, 0) is 24.8 Å². The van der Waals surface area contributed by atoms with Crippen molar-refractivity contribution in [2.24, 2.45) is 0 Å². The largest absolute Gasteiger partial charge is 0.385 e. The minimum atomic E-state index is -0.651. The summed E-state index contributed by atoms with van der Waals surface area (Å²) in [5, 5.41) is 10.8. The highest BCUT2D eigenvalue weighted by Gasteiger charge is 2.33. The van der Waals surface area contributed by atoms with Crippen LogP contribution < -0.4 is 0 Å². The molecular weight excluding hydrogens is 266 g/mol. The number of hydrogen-bond acceptors (Lipinski definition) is 4. The van der Waals surface area contributed by atoms with Crippen LogP contribution in [0.4, 0.5) is 0 Å². The SMILES string of the molecule is OC1(c2ccccc2)CCN(CCC2COCCO2)CC1. The Morgan fingerprint density at radius 1 is 1.14 bits per heavy atom. The van der Waals surface area contributed by atoms with E-state index in [-0.39, 0.29) is 6.10 Å². The van der Waals surface area contributed by atoms with Crippen LogP contribution in [0.15, 0.2) is 30.3 Å². The summed E-state index contributed by atoms with van der Waals surface area (Å²) < 4.78 is 11.1. The quantitative estimate of drug-likeness (QED) is 0.918. The van der Waals surface area contributed by atoms with Gasteiger partial charge in [0, 0.05) is 19.6 Å². The van der Waals surface area contributed by atoms with Crippen molar-refractivity contribution in [3.05, 3.63) is 35.9 Å². The molecule has 0 aromatic heterocycles. The van der Waals surface area contributed by atoms with Gasteiger partial charge in [-0.1, -0.05) is 30.3 Å². The average molecular weight is 291 g/mol. The topological polar surface area (TPSA) is 41.9 Å². The highest BCUT2D eigenvalue weighted by molar-refractivity contribution is 5.22. The lowest BCUT2D eigenvalue weighted by Gasteiger charge is -2.39. The van der Waals surface area contributed by atoms with E-state index in [1.807, 2.05) is 30.3 Å². The van der Waals surface area contributed by atoms with Gasteiger partial charge in [0.1, 0.15) is 0 Å². The molecule has 1 atom stereocenters. The van der Waals surface area contributed by atoms with Crippen LogP contribution in [-0.4, -0.2) is 55.6 Å². The molecule has 4 heteroatoms. The van der Waals surface area contributed by atoms with E-state index in [0.717, 1.165) is 64.3 Å². The normalized spacial score (nSPS) is 26.6. The van der Waals surface area contributed by atoms with Crippen molar-refractivity contribution in [1.82, 2.24) is 4.90 Å². The summed E-state index contributed by atoms with van der Waals surface area (Å²) in [6.45, 7) is 5.08. The van der Waals surface area contributed by atoms with Crippen LogP contribution >= 0.6 is 0 Å². The van der Waals surface area contributed by atoms with Gasteiger partial charge in [0.05, 0.1) is 31.5 Å². The Kier molecular flexibility index (Phi) is 4.91. The van der Waals surface area contributed by atoms with Crippen molar-refractivity contribution in [3.63, 3.8) is 0 Å². The molecule has 21 heavy (non-hydrogen) atoms. The Morgan fingerprint density at radius 2 is 1.90 bits per heavy atom. The van der Waals surface area contributed by atoms with E-state index >= 15 is 0 Å². The minimum Gasteiger partial charge on any atom is -0.385 e. The molecule has 0 amide bonds. The second kappa shape index (κ2) is 6.88. The summed E-state index contributed by atoms with van der Waals surface area (Å²) in [5.74, 6) is 0. The number of benzene rings is 1. The molecule has 2 fully saturated rings. The summed E-state index contributed by atoms with van der Waals surface area (Å²) in [6, 6.07) is 10.1. The lowest BCUT2D eigenvalue weighted by molar-refractivity contribution is -0.0950. The van der Waals surface area contributed by atoms with Crippen LogP contribution in [0.5, 0.6) is 0 Å². The van der Waals surface area contributed by atoms with Gasteiger partial charge in [0.25, 0.3) is 0 Å². The predicted molar refractivity (Wildman–Crippen MR) is 81.2 cm³/mol. The van der Waals surface area contributed by atoms with E-state index in [1.165, 1.54) is 0 Å². The van der Waals surface area contributed by atoms with E-state index in [9.17, 15) is 5.11 Å². The molecule has 1 aromatic rings. The molecule has 0 aliphatic carbocycles. The maximum absolute atomic E-state index is 10.8. The number of hydrogen-bond donors (Lipinski definition) is 1. The molecular formula is C17H25NO3. The molecule has 1 N–H and O–H groups in total. The van der Waals surface area contributed by atoms with Gasteiger partial charge in [0.15, 0.2) is 0 Å². The van der Waals surface area contributed by atoms with E-state index in [4.69, 9.17) is 9.47 Å². The molecule has 0 radical (unpaired) electrons. The Hall–Kier alpha value is -0.940. The number of rotatable bonds is 4. The molecule has 3 rings (SSSR count). The fraction of sp³-hybridized carbons (Fsp3) is 0.647. The van der Waals surface area contributed by atoms with Crippen LogP contribution in [0.25, 0.3) is 0 Å². The molecule has 2 aliphatic rings. The number of likely N-dealkylation sites (tertiary alicyclic amines) is 1. The van der Waals surface area contributed by atoms with Crippen LogP contribution in [0, 0.1) is 0 Å². The molecule has 1 aromatic carbocycles. The van der Waals surface area contributed by atoms with E-state index in [0.29, 0.717) is 0 Å². The average Bonchev–Trinajstić information content (AvgIpc) is 2.56. The third-order valence-corrected chi connectivity index (χ3v) is 4.65. The Balaban J connectivity index is 1.46. The van der Waals surface area contributed by atoms with Gasteiger partial charge in [-0.25, -0.2) is 0 Å². The van der Waals surface area contributed by atoms with Crippen LogP contribution in [-0.2, 0) is 15.1 Å². The third-order valence-electron chi connectivity index (χ3n) is 4.65. The van der Waals surface area contributed by atoms with Crippen molar-refractivity contribution in [2.45, 2.75) is 31.0 Å². The fourth-order valence-electron chi connectivity index (χ4n) is 3.21. The third kappa shape index (κ3) is 3.83. The zero-order valence-electron chi connectivity index (χ0n) is 12.5. The smallest absolute Gasteiger partial charge is 0.0920 e. The zero-order valence-corrected chi connectivity index (χ0v) is 12.5. The van der Waals surface area contributed by atoms with E-state index in [2.05, 4.69) is 4.90 Å². The number of aliphatic hydroxyl groups is 1. The Bertz CT molecular complexity index is 423.